The van der Waals surface area contributed by atoms with Gasteiger partial charge in [0.2, 0.25) is 0 Å². The van der Waals surface area contributed by atoms with E-state index in [1.165, 1.54) is 4.90 Å². The summed E-state index contributed by atoms with van der Waals surface area (Å²) in [5.74, 6) is -0.218. The molecule has 2 aromatic carbocycles. The Kier molecular flexibility index (Phi) is 7.21. The van der Waals surface area contributed by atoms with Gasteiger partial charge in [-0.3, -0.25) is 4.79 Å². The van der Waals surface area contributed by atoms with Crippen LogP contribution in [-0.2, 0) is 20.8 Å². The summed E-state index contributed by atoms with van der Waals surface area (Å²) in [5.41, 5.74) is 2.19. The van der Waals surface area contributed by atoms with E-state index in [9.17, 15) is 9.59 Å². The van der Waals surface area contributed by atoms with Crippen LogP contribution in [0.25, 0.3) is 0 Å². The minimum Gasteiger partial charge on any atom is -0.497 e. The molecule has 154 valence electrons. The maximum atomic E-state index is 12.4. The summed E-state index contributed by atoms with van der Waals surface area (Å²) in [5, 5.41) is 2.72. The second-order valence-corrected chi connectivity index (χ2v) is 7.00. The van der Waals surface area contributed by atoms with E-state index < -0.39 is 18.0 Å². The first-order valence-corrected chi connectivity index (χ1v) is 9.71. The summed E-state index contributed by atoms with van der Waals surface area (Å²) in [6.45, 7) is 6.01. The molecule has 0 saturated carbocycles. The molecule has 29 heavy (non-hydrogen) atoms. The van der Waals surface area contributed by atoms with Crippen LogP contribution < -0.4 is 15.0 Å². The van der Waals surface area contributed by atoms with Crippen molar-refractivity contribution in [2.75, 3.05) is 38.7 Å². The van der Waals surface area contributed by atoms with Crippen molar-refractivity contribution in [2.45, 2.75) is 19.6 Å². The summed E-state index contributed by atoms with van der Waals surface area (Å²) in [6, 6.07) is 14.3. The van der Waals surface area contributed by atoms with Crippen molar-refractivity contribution in [2.24, 2.45) is 0 Å². The molecule has 0 spiro atoms. The molecule has 1 heterocycles. The van der Waals surface area contributed by atoms with E-state index in [2.05, 4.69) is 5.32 Å². The Hall–Kier alpha value is -2.90. The lowest BCUT2D eigenvalue weighted by atomic mass is 10.1. The first-order chi connectivity index (χ1) is 14.0. The quantitative estimate of drug-likeness (QED) is 0.686. The minimum absolute atomic E-state index is 0.393. The van der Waals surface area contributed by atoms with Crippen molar-refractivity contribution < 1.29 is 28.7 Å². The zero-order chi connectivity index (χ0) is 20.6. The second-order valence-electron chi connectivity index (χ2n) is 7.00. The first kappa shape index (κ1) is 20.8. The highest BCUT2D eigenvalue weighted by molar-refractivity contribution is 5.97. The van der Waals surface area contributed by atoms with Gasteiger partial charge >= 0.3 is 5.97 Å². The summed E-state index contributed by atoms with van der Waals surface area (Å²) in [6.07, 6.45) is -0.915. The molecule has 0 bridgehead atoms. The highest BCUT2D eigenvalue weighted by Crippen LogP contribution is 2.15. The summed E-state index contributed by atoms with van der Waals surface area (Å²) >= 11 is 0. The van der Waals surface area contributed by atoms with Gasteiger partial charge in [0.15, 0.2) is 6.10 Å². The lowest BCUT2D eigenvalue weighted by Gasteiger charge is -2.23. The van der Waals surface area contributed by atoms with Crippen LogP contribution in [0, 0.1) is 0 Å². The molecular formula is C22H27N2O5+. The number of rotatable bonds is 7. The summed E-state index contributed by atoms with van der Waals surface area (Å²) < 4.78 is 15.8. The van der Waals surface area contributed by atoms with Crippen LogP contribution in [0.1, 0.15) is 22.8 Å². The smallest absolute Gasteiger partial charge is 0.338 e. The standard InChI is InChI=1S/C22H26N2O5/c1-16(21(25)23-19-7-9-20(27-2)10-8-19)29-22(26)18-5-3-17(4-6-18)15-24-11-13-28-14-12-24/h3-10,16H,11-15H2,1-2H3,(H,23,25)/p+1/t16-/m1/s1. The maximum Gasteiger partial charge on any atom is 0.338 e. The molecule has 3 rings (SSSR count). The molecular weight excluding hydrogens is 372 g/mol. The highest BCUT2D eigenvalue weighted by Gasteiger charge is 2.20. The number of ether oxygens (including phenoxy) is 3. The topological polar surface area (TPSA) is 78.3 Å². The number of hydrogen-bond donors (Lipinski definition) is 2. The van der Waals surface area contributed by atoms with Crippen LogP contribution in [0.5, 0.6) is 5.75 Å². The predicted octanol–water partition coefficient (Wildman–Crippen LogP) is 1.29. The first-order valence-electron chi connectivity index (χ1n) is 9.71. The number of nitrogens with one attached hydrogen (secondary N) is 2. The van der Waals surface area contributed by atoms with Crippen molar-refractivity contribution in [3.05, 3.63) is 59.7 Å². The zero-order valence-electron chi connectivity index (χ0n) is 16.8. The number of methoxy groups -OCH3 is 1. The monoisotopic (exact) mass is 399 g/mol. The average molecular weight is 399 g/mol. The van der Waals surface area contributed by atoms with Crippen LogP contribution in [0.3, 0.4) is 0 Å². The Morgan fingerprint density at radius 2 is 1.72 bits per heavy atom. The Labute approximate surface area is 170 Å². The fourth-order valence-corrected chi connectivity index (χ4v) is 3.08. The third kappa shape index (κ3) is 6.04. The van der Waals surface area contributed by atoms with Gasteiger partial charge in [-0.1, -0.05) is 12.1 Å². The SMILES string of the molecule is COc1ccc(NC(=O)[C@@H](C)OC(=O)c2ccc(C[NH+]3CCOCC3)cc2)cc1. The molecule has 1 saturated heterocycles. The fourth-order valence-electron chi connectivity index (χ4n) is 3.08. The summed E-state index contributed by atoms with van der Waals surface area (Å²) in [4.78, 5) is 26.1. The minimum atomic E-state index is -0.915. The van der Waals surface area contributed by atoms with E-state index in [1.54, 1.807) is 50.4 Å². The Morgan fingerprint density at radius 3 is 2.34 bits per heavy atom. The number of hydrogen-bond acceptors (Lipinski definition) is 5. The number of quaternary nitrogens is 1. The Bertz CT molecular complexity index is 814. The van der Waals surface area contributed by atoms with Gasteiger partial charge in [0, 0.05) is 11.3 Å². The van der Waals surface area contributed by atoms with Crippen molar-refractivity contribution in [1.29, 1.82) is 0 Å². The maximum absolute atomic E-state index is 12.4. The van der Waals surface area contributed by atoms with Crippen molar-refractivity contribution in [3.63, 3.8) is 0 Å². The van der Waals surface area contributed by atoms with Crippen molar-refractivity contribution in [3.8, 4) is 5.75 Å². The predicted molar refractivity (Wildman–Crippen MR) is 108 cm³/mol. The van der Waals surface area contributed by atoms with E-state index in [0.717, 1.165) is 38.4 Å². The van der Waals surface area contributed by atoms with E-state index in [0.29, 0.717) is 17.0 Å². The Balaban J connectivity index is 1.50. The normalized spacial score (nSPS) is 15.4. The fraction of sp³-hybridized carbons (Fsp3) is 0.364. The molecule has 1 fully saturated rings. The van der Waals surface area contributed by atoms with Crippen molar-refractivity contribution >= 4 is 17.6 Å². The van der Waals surface area contributed by atoms with E-state index in [-0.39, 0.29) is 0 Å². The molecule has 0 aliphatic carbocycles. The van der Waals surface area contributed by atoms with Crippen LogP contribution in [0.15, 0.2) is 48.5 Å². The third-order valence-corrected chi connectivity index (χ3v) is 4.85. The lowest BCUT2D eigenvalue weighted by molar-refractivity contribution is -0.921. The molecule has 1 aliphatic heterocycles. The van der Waals surface area contributed by atoms with Gasteiger partial charge in [0.1, 0.15) is 25.4 Å². The largest absolute Gasteiger partial charge is 0.497 e. The third-order valence-electron chi connectivity index (χ3n) is 4.85. The summed E-state index contributed by atoms with van der Waals surface area (Å²) in [7, 11) is 1.57. The highest BCUT2D eigenvalue weighted by atomic mass is 16.5. The van der Waals surface area contributed by atoms with Gasteiger partial charge in [-0.25, -0.2) is 4.79 Å². The molecule has 1 atom stereocenters. The van der Waals surface area contributed by atoms with Crippen LogP contribution in [-0.4, -0.2) is 51.4 Å². The van der Waals surface area contributed by atoms with E-state index in [4.69, 9.17) is 14.2 Å². The molecule has 2 aromatic rings. The number of amides is 1. The number of anilines is 1. The molecule has 7 heteroatoms. The van der Waals surface area contributed by atoms with Gasteiger partial charge in [-0.05, 0) is 43.3 Å². The van der Waals surface area contributed by atoms with Crippen LogP contribution >= 0.6 is 0 Å². The van der Waals surface area contributed by atoms with Crippen molar-refractivity contribution in [1.82, 2.24) is 0 Å². The zero-order valence-corrected chi connectivity index (χ0v) is 16.8. The molecule has 7 nitrogen and oxygen atoms in total. The van der Waals surface area contributed by atoms with Gasteiger partial charge in [-0.2, -0.15) is 0 Å². The number of esters is 1. The molecule has 0 aromatic heterocycles. The van der Waals surface area contributed by atoms with Gasteiger partial charge in [0.05, 0.1) is 25.9 Å². The number of carbonyl (C=O) groups excluding carboxylic acids is 2. The van der Waals surface area contributed by atoms with E-state index >= 15 is 0 Å². The average Bonchev–Trinajstić information content (AvgIpc) is 2.75. The van der Waals surface area contributed by atoms with Crippen LogP contribution in [0.4, 0.5) is 5.69 Å². The van der Waals surface area contributed by atoms with Gasteiger partial charge < -0.3 is 24.4 Å². The molecule has 0 radical (unpaired) electrons. The lowest BCUT2D eigenvalue weighted by Crippen LogP contribution is -3.12. The molecule has 1 aliphatic rings. The Morgan fingerprint density at radius 1 is 1.07 bits per heavy atom. The van der Waals surface area contributed by atoms with Gasteiger partial charge in [0.25, 0.3) is 5.91 Å². The second kappa shape index (κ2) is 10.0. The number of carbonyl (C=O) groups is 2. The number of morpholine rings is 1. The molecule has 0 unspecified atom stereocenters. The molecule has 1 amide bonds. The van der Waals surface area contributed by atoms with E-state index in [1.807, 2.05) is 12.1 Å². The molecule has 2 N–H and O–H groups in total. The van der Waals surface area contributed by atoms with Crippen LogP contribution in [0.2, 0.25) is 0 Å². The number of benzene rings is 2. The van der Waals surface area contributed by atoms with Gasteiger partial charge in [-0.15, -0.1) is 0 Å².